The van der Waals surface area contributed by atoms with E-state index in [-0.39, 0.29) is 29.6 Å². The van der Waals surface area contributed by atoms with E-state index in [4.69, 9.17) is 4.74 Å². The Morgan fingerprint density at radius 3 is 2.50 bits per heavy atom. The molecule has 2 unspecified atom stereocenters. The highest BCUT2D eigenvalue weighted by atomic mass is 16.6. The first kappa shape index (κ1) is 21.4. The molecule has 2 rings (SSSR count). The van der Waals surface area contributed by atoms with Crippen molar-refractivity contribution in [3.63, 3.8) is 0 Å². The van der Waals surface area contributed by atoms with Crippen molar-refractivity contribution in [3.8, 4) is 0 Å². The number of nitrogens with zero attached hydrogens (tertiary/aromatic N) is 2. The number of nitro benzene ring substituents is 1. The predicted octanol–water partition coefficient (Wildman–Crippen LogP) is 3.37. The number of hydrogen-bond donors (Lipinski definition) is 1. The number of hydrogen-bond acceptors (Lipinski definition) is 5. The molecule has 0 spiro atoms. The molecule has 28 heavy (non-hydrogen) atoms. The van der Waals surface area contributed by atoms with E-state index in [2.05, 4.69) is 5.32 Å². The van der Waals surface area contributed by atoms with E-state index >= 15 is 0 Å². The van der Waals surface area contributed by atoms with E-state index in [0.717, 1.165) is 6.42 Å². The lowest BCUT2D eigenvalue weighted by Crippen LogP contribution is -2.53. The van der Waals surface area contributed by atoms with E-state index < -0.39 is 10.5 Å². The fourth-order valence-electron chi connectivity index (χ4n) is 2.86. The number of amides is 2. The van der Waals surface area contributed by atoms with Gasteiger partial charge in [-0.1, -0.05) is 6.92 Å². The topological polar surface area (TPSA) is 102 Å². The standard InChI is InChI=1S/C20H27N3O5/c1-14-11-12-22(19(25)28-20(2,3)4)13-17(14)21-18(24)10-7-15-5-8-16(9-6-15)23(26)27/h5-10,14,17H,11-13H2,1-4H3,(H,21,24). The van der Waals surface area contributed by atoms with E-state index in [1.54, 1.807) is 23.1 Å². The molecule has 1 aliphatic rings. The number of likely N-dealkylation sites (tertiary alicyclic amines) is 1. The lowest BCUT2D eigenvalue weighted by molar-refractivity contribution is -0.384. The molecule has 1 aromatic carbocycles. The Kier molecular flexibility index (Phi) is 6.77. The molecule has 1 fully saturated rings. The summed E-state index contributed by atoms with van der Waals surface area (Å²) in [6.07, 6.45) is 3.38. The largest absolute Gasteiger partial charge is 0.444 e. The van der Waals surface area contributed by atoms with Crippen molar-refractivity contribution in [2.45, 2.75) is 45.8 Å². The number of rotatable bonds is 4. The van der Waals surface area contributed by atoms with Crippen LogP contribution in [-0.4, -0.2) is 46.6 Å². The molecule has 2 amide bonds. The Balaban J connectivity index is 1.93. The summed E-state index contributed by atoms with van der Waals surface area (Å²) in [5, 5.41) is 13.6. The van der Waals surface area contributed by atoms with Crippen molar-refractivity contribution in [2.75, 3.05) is 13.1 Å². The third-order valence-electron chi connectivity index (χ3n) is 4.47. The van der Waals surface area contributed by atoms with Crippen LogP contribution in [0.5, 0.6) is 0 Å². The van der Waals surface area contributed by atoms with Crippen LogP contribution in [0.3, 0.4) is 0 Å². The van der Waals surface area contributed by atoms with Gasteiger partial charge in [-0.05, 0) is 56.9 Å². The first-order valence-corrected chi connectivity index (χ1v) is 9.26. The Morgan fingerprint density at radius 2 is 1.93 bits per heavy atom. The average molecular weight is 389 g/mol. The van der Waals surface area contributed by atoms with Crippen LogP contribution < -0.4 is 5.32 Å². The highest BCUT2D eigenvalue weighted by molar-refractivity contribution is 5.92. The number of ether oxygens (including phenoxy) is 1. The van der Waals surface area contributed by atoms with Gasteiger partial charge in [0.05, 0.1) is 4.92 Å². The Labute approximate surface area is 164 Å². The molecule has 1 N–H and O–H groups in total. The maximum absolute atomic E-state index is 12.3. The zero-order chi connectivity index (χ0) is 20.9. The number of benzene rings is 1. The first-order valence-electron chi connectivity index (χ1n) is 9.26. The van der Waals surface area contributed by atoms with Gasteiger partial charge in [-0.15, -0.1) is 0 Å². The summed E-state index contributed by atoms with van der Waals surface area (Å²) in [6, 6.07) is 5.76. The van der Waals surface area contributed by atoms with Gasteiger partial charge in [0.15, 0.2) is 0 Å². The highest BCUT2D eigenvalue weighted by Crippen LogP contribution is 2.20. The molecule has 1 saturated heterocycles. The quantitative estimate of drug-likeness (QED) is 0.483. The lowest BCUT2D eigenvalue weighted by atomic mass is 9.93. The number of carbonyl (C=O) groups is 2. The Bertz CT molecular complexity index is 752. The number of non-ortho nitro benzene ring substituents is 1. The maximum atomic E-state index is 12.3. The van der Waals surface area contributed by atoms with Crippen LogP contribution in [0.25, 0.3) is 6.08 Å². The SMILES string of the molecule is CC1CCN(C(=O)OC(C)(C)C)CC1NC(=O)C=Cc1ccc([N+](=O)[O-])cc1. The van der Waals surface area contributed by atoms with Crippen molar-refractivity contribution in [3.05, 3.63) is 46.0 Å². The number of nitro groups is 1. The maximum Gasteiger partial charge on any atom is 0.410 e. The van der Waals surface area contributed by atoms with Gasteiger partial charge in [-0.2, -0.15) is 0 Å². The Morgan fingerprint density at radius 1 is 1.29 bits per heavy atom. The van der Waals surface area contributed by atoms with Crippen molar-refractivity contribution in [2.24, 2.45) is 5.92 Å². The molecular weight excluding hydrogens is 362 g/mol. The molecule has 8 heteroatoms. The molecule has 0 aromatic heterocycles. The normalized spacial score (nSPS) is 20.1. The second-order valence-corrected chi connectivity index (χ2v) is 7.99. The van der Waals surface area contributed by atoms with Gasteiger partial charge in [0, 0.05) is 37.3 Å². The summed E-state index contributed by atoms with van der Waals surface area (Å²) in [5.41, 5.74) is 0.125. The third-order valence-corrected chi connectivity index (χ3v) is 4.47. The molecule has 2 atom stereocenters. The minimum Gasteiger partial charge on any atom is -0.444 e. The summed E-state index contributed by atoms with van der Waals surface area (Å²) in [4.78, 5) is 36.4. The van der Waals surface area contributed by atoms with Crippen molar-refractivity contribution >= 4 is 23.8 Å². The molecule has 8 nitrogen and oxygen atoms in total. The zero-order valence-electron chi connectivity index (χ0n) is 16.7. The van der Waals surface area contributed by atoms with Crippen LogP contribution >= 0.6 is 0 Å². The first-order chi connectivity index (χ1) is 13.0. The minimum absolute atomic E-state index is 0.000124. The van der Waals surface area contributed by atoms with E-state index in [1.807, 2.05) is 27.7 Å². The average Bonchev–Trinajstić information content (AvgIpc) is 2.60. The second kappa shape index (κ2) is 8.86. The van der Waals surface area contributed by atoms with Gasteiger partial charge in [0.25, 0.3) is 5.69 Å². The zero-order valence-corrected chi connectivity index (χ0v) is 16.7. The monoisotopic (exact) mass is 389 g/mol. The van der Waals surface area contributed by atoms with Gasteiger partial charge >= 0.3 is 6.09 Å². The molecular formula is C20H27N3O5. The van der Waals surface area contributed by atoms with Gasteiger partial charge in [0.1, 0.15) is 5.60 Å². The van der Waals surface area contributed by atoms with Crippen LogP contribution in [0.15, 0.2) is 30.3 Å². The lowest BCUT2D eigenvalue weighted by Gasteiger charge is -2.37. The fourth-order valence-corrected chi connectivity index (χ4v) is 2.86. The van der Waals surface area contributed by atoms with Gasteiger partial charge in [-0.3, -0.25) is 14.9 Å². The van der Waals surface area contributed by atoms with Crippen LogP contribution in [0.2, 0.25) is 0 Å². The molecule has 0 aliphatic carbocycles. The number of nitrogens with one attached hydrogen (secondary N) is 1. The summed E-state index contributed by atoms with van der Waals surface area (Å²) in [6.45, 7) is 8.49. The molecule has 0 bridgehead atoms. The smallest absolute Gasteiger partial charge is 0.410 e. The van der Waals surface area contributed by atoms with E-state index in [0.29, 0.717) is 18.7 Å². The molecule has 152 valence electrons. The molecule has 1 aliphatic heterocycles. The van der Waals surface area contributed by atoms with Gasteiger partial charge < -0.3 is 15.0 Å². The molecule has 0 radical (unpaired) electrons. The fraction of sp³-hybridized carbons (Fsp3) is 0.500. The summed E-state index contributed by atoms with van der Waals surface area (Å²) < 4.78 is 5.41. The van der Waals surface area contributed by atoms with Crippen LogP contribution in [0, 0.1) is 16.0 Å². The van der Waals surface area contributed by atoms with Crippen LogP contribution in [0.4, 0.5) is 10.5 Å². The van der Waals surface area contributed by atoms with E-state index in [9.17, 15) is 19.7 Å². The number of piperidine rings is 1. The second-order valence-electron chi connectivity index (χ2n) is 7.99. The van der Waals surface area contributed by atoms with Crippen molar-refractivity contribution < 1.29 is 19.2 Å². The van der Waals surface area contributed by atoms with Crippen LogP contribution in [0.1, 0.15) is 39.7 Å². The number of carbonyl (C=O) groups excluding carboxylic acids is 2. The Hall–Kier alpha value is -2.90. The third kappa shape index (κ3) is 6.37. The minimum atomic E-state index is -0.563. The van der Waals surface area contributed by atoms with Crippen LogP contribution in [-0.2, 0) is 9.53 Å². The predicted molar refractivity (Wildman–Crippen MR) is 106 cm³/mol. The molecule has 1 heterocycles. The van der Waals surface area contributed by atoms with Crippen molar-refractivity contribution in [1.29, 1.82) is 0 Å². The summed E-state index contributed by atoms with van der Waals surface area (Å²) in [5.74, 6) is -0.0448. The molecule has 0 saturated carbocycles. The van der Waals surface area contributed by atoms with Gasteiger partial charge in [-0.25, -0.2) is 4.79 Å². The summed E-state index contributed by atoms with van der Waals surface area (Å²) in [7, 11) is 0. The summed E-state index contributed by atoms with van der Waals surface area (Å²) >= 11 is 0. The molecule has 1 aromatic rings. The van der Waals surface area contributed by atoms with E-state index in [1.165, 1.54) is 18.2 Å². The van der Waals surface area contributed by atoms with Gasteiger partial charge in [0.2, 0.25) is 5.91 Å². The highest BCUT2D eigenvalue weighted by Gasteiger charge is 2.31. The van der Waals surface area contributed by atoms with Crippen molar-refractivity contribution in [1.82, 2.24) is 10.2 Å².